The van der Waals surface area contributed by atoms with Crippen LogP contribution in [0, 0.1) is 5.92 Å². The first-order valence-corrected chi connectivity index (χ1v) is 6.88. The fourth-order valence-electron chi connectivity index (χ4n) is 2.84. The fourth-order valence-corrected chi connectivity index (χ4v) is 2.84. The van der Waals surface area contributed by atoms with E-state index in [1.54, 1.807) is 0 Å². The first-order chi connectivity index (χ1) is 8.59. The minimum atomic E-state index is -0.907. The zero-order valence-corrected chi connectivity index (χ0v) is 10.9. The summed E-state index contributed by atoms with van der Waals surface area (Å²) in [6.07, 6.45) is 5.30. The van der Waals surface area contributed by atoms with Gasteiger partial charge in [0, 0.05) is 0 Å². The number of carboxylic acid groups (broad SMARTS) is 1. The van der Waals surface area contributed by atoms with E-state index in [1.165, 1.54) is 0 Å². The molecule has 0 bridgehead atoms. The molecular formula is C13H22N2O3. The van der Waals surface area contributed by atoms with Crippen molar-refractivity contribution in [2.75, 3.05) is 6.54 Å². The number of rotatable bonds is 6. The normalized spacial score (nSPS) is 28.9. The maximum atomic E-state index is 12.4. The number of amides is 1. The van der Waals surface area contributed by atoms with Crippen LogP contribution in [-0.2, 0) is 9.59 Å². The Hall–Kier alpha value is -1.10. The van der Waals surface area contributed by atoms with E-state index in [0.29, 0.717) is 0 Å². The minimum absolute atomic E-state index is 0.124. The first-order valence-electron chi connectivity index (χ1n) is 6.88. The Balaban J connectivity index is 2.02. The van der Waals surface area contributed by atoms with Crippen LogP contribution in [0.4, 0.5) is 0 Å². The maximum Gasteiger partial charge on any atom is 0.326 e. The molecule has 3 N–H and O–H groups in total. The SMILES string of the molecule is CCCC1(C(=O)NC(C(=O)O)C2CC2)CCCN1. The van der Waals surface area contributed by atoms with E-state index in [2.05, 4.69) is 10.6 Å². The van der Waals surface area contributed by atoms with E-state index in [-0.39, 0.29) is 11.8 Å². The molecule has 0 radical (unpaired) electrons. The van der Waals surface area contributed by atoms with Crippen molar-refractivity contribution in [1.82, 2.24) is 10.6 Å². The van der Waals surface area contributed by atoms with Crippen LogP contribution in [0.2, 0.25) is 0 Å². The van der Waals surface area contributed by atoms with Crippen LogP contribution in [0.15, 0.2) is 0 Å². The summed E-state index contributed by atoms with van der Waals surface area (Å²) in [6, 6.07) is -0.700. The molecule has 1 aliphatic carbocycles. The van der Waals surface area contributed by atoms with Crippen LogP contribution in [0.3, 0.4) is 0 Å². The van der Waals surface area contributed by atoms with Crippen LogP contribution >= 0.6 is 0 Å². The third-order valence-electron chi connectivity index (χ3n) is 4.00. The molecule has 0 spiro atoms. The molecule has 102 valence electrons. The van der Waals surface area contributed by atoms with Crippen molar-refractivity contribution >= 4 is 11.9 Å². The second kappa shape index (κ2) is 5.26. The number of carbonyl (C=O) groups is 2. The maximum absolute atomic E-state index is 12.4. The van der Waals surface area contributed by atoms with Gasteiger partial charge in [-0.2, -0.15) is 0 Å². The Morgan fingerprint density at radius 3 is 2.67 bits per heavy atom. The van der Waals surface area contributed by atoms with E-state index >= 15 is 0 Å². The molecule has 5 heteroatoms. The third kappa shape index (κ3) is 2.66. The molecule has 1 amide bonds. The molecule has 2 fully saturated rings. The second-order valence-electron chi connectivity index (χ2n) is 5.49. The summed E-state index contributed by atoms with van der Waals surface area (Å²) in [5, 5.41) is 15.2. The second-order valence-corrected chi connectivity index (χ2v) is 5.49. The van der Waals surface area contributed by atoms with E-state index in [9.17, 15) is 9.59 Å². The lowest BCUT2D eigenvalue weighted by atomic mass is 9.90. The van der Waals surface area contributed by atoms with Gasteiger partial charge in [-0.05, 0) is 44.6 Å². The number of carbonyl (C=O) groups excluding carboxylic acids is 1. The van der Waals surface area contributed by atoms with E-state index in [1.807, 2.05) is 6.92 Å². The van der Waals surface area contributed by atoms with Crippen LogP contribution in [0.1, 0.15) is 45.4 Å². The lowest BCUT2D eigenvalue weighted by Crippen LogP contribution is -2.57. The third-order valence-corrected chi connectivity index (χ3v) is 4.00. The predicted octanol–water partition coefficient (Wildman–Crippen LogP) is 0.888. The van der Waals surface area contributed by atoms with E-state index < -0.39 is 17.6 Å². The number of hydrogen-bond acceptors (Lipinski definition) is 3. The topological polar surface area (TPSA) is 78.4 Å². The number of nitrogens with one attached hydrogen (secondary N) is 2. The van der Waals surface area contributed by atoms with Gasteiger partial charge in [-0.25, -0.2) is 4.79 Å². The molecule has 0 aromatic rings. The molecule has 2 aliphatic rings. The molecule has 1 aliphatic heterocycles. The van der Waals surface area contributed by atoms with Crippen molar-refractivity contribution in [1.29, 1.82) is 0 Å². The standard InChI is InChI=1S/C13H22N2O3/c1-2-6-13(7-3-8-14-13)12(18)15-10(11(16)17)9-4-5-9/h9-10,14H,2-8H2,1H3,(H,15,18)(H,16,17). The molecule has 2 unspecified atom stereocenters. The van der Waals surface area contributed by atoms with Gasteiger partial charge < -0.3 is 15.7 Å². The molecular weight excluding hydrogens is 232 g/mol. The Morgan fingerprint density at radius 2 is 2.22 bits per heavy atom. The summed E-state index contributed by atoms with van der Waals surface area (Å²) in [5.74, 6) is -0.900. The zero-order valence-electron chi connectivity index (χ0n) is 10.9. The molecule has 1 heterocycles. The summed E-state index contributed by atoms with van der Waals surface area (Å²) < 4.78 is 0. The van der Waals surface area contributed by atoms with Crippen molar-refractivity contribution in [2.45, 2.75) is 57.0 Å². The number of carboxylic acids is 1. The quantitative estimate of drug-likeness (QED) is 0.657. The van der Waals surface area contributed by atoms with Crippen LogP contribution in [0.5, 0.6) is 0 Å². The van der Waals surface area contributed by atoms with E-state index in [4.69, 9.17) is 5.11 Å². The summed E-state index contributed by atoms with van der Waals surface area (Å²) in [7, 11) is 0. The van der Waals surface area contributed by atoms with Gasteiger partial charge in [0.15, 0.2) is 0 Å². The lowest BCUT2D eigenvalue weighted by Gasteiger charge is -2.29. The van der Waals surface area contributed by atoms with Gasteiger partial charge in [0.1, 0.15) is 6.04 Å². The Bertz CT molecular complexity index is 333. The molecule has 1 saturated heterocycles. The van der Waals surface area contributed by atoms with Gasteiger partial charge in [0.2, 0.25) is 5.91 Å². The molecule has 1 saturated carbocycles. The molecule has 18 heavy (non-hydrogen) atoms. The highest BCUT2D eigenvalue weighted by molar-refractivity contribution is 5.90. The molecule has 2 atom stereocenters. The number of aliphatic carboxylic acids is 1. The van der Waals surface area contributed by atoms with Crippen molar-refractivity contribution < 1.29 is 14.7 Å². The lowest BCUT2D eigenvalue weighted by molar-refractivity contribution is -0.143. The number of hydrogen-bond donors (Lipinski definition) is 3. The van der Waals surface area contributed by atoms with Crippen molar-refractivity contribution in [3.8, 4) is 0 Å². The average Bonchev–Trinajstić information content (AvgIpc) is 3.05. The molecule has 0 aromatic carbocycles. The van der Waals surface area contributed by atoms with Gasteiger partial charge in [0.05, 0.1) is 5.54 Å². The Kier molecular flexibility index (Phi) is 3.90. The van der Waals surface area contributed by atoms with Crippen LogP contribution in [0.25, 0.3) is 0 Å². The Labute approximate surface area is 107 Å². The van der Waals surface area contributed by atoms with Crippen molar-refractivity contribution in [3.05, 3.63) is 0 Å². The highest BCUT2D eigenvalue weighted by Gasteiger charge is 2.44. The van der Waals surface area contributed by atoms with Gasteiger partial charge in [-0.15, -0.1) is 0 Å². The van der Waals surface area contributed by atoms with Crippen LogP contribution < -0.4 is 10.6 Å². The minimum Gasteiger partial charge on any atom is -0.480 e. The first kappa shape index (κ1) is 13.3. The summed E-state index contributed by atoms with van der Waals surface area (Å²) in [6.45, 7) is 2.89. The van der Waals surface area contributed by atoms with Gasteiger partial charge in [-0.1, -0.05) is 13.3 Å². The van der Waals surface area contributed by atoms with Gasteiger partial charge in [-0.3, -0.25) is 4.79 Å². The zero-order chi connectivity index (χ0) is 13.2. The average molecular weight is 254 g/mol. The molecule has 0 aromatic heterocycles. The summed E-state index contributed by atoms with van der Waals surface area (Å²) in [4.78, 5) is 23.5. The highest BCUT2D eigenvalue weighted by atomic mass is 16.4. The molecule has 2 rings (SSSR count). The Morgan fingerprint density at radius 1 is 1.50 bits per heavy atom. The fraction of sp³-hybridized carbons (Fsp3) is 0.846. The summed E-state index contributed by atoms with van der Waals surface area (Å²) >= 11 is 0. The molecule has 5 nitrogen and oxygen atoms in total. The monoisotopic (exact) mass is 254 g/mol. The van der Waals surface area contributed by atoms with E-state index in [0.717, 1.165) is 45.1 Å². The van der Waals surface area contributed by atoms with Crippen molar-refractivity contribution in [2.24, 2.45) is 5.92 Å². The predicted molar refractivity (Wildman–Crippen MR) is 67.2 cm³/mol. The van der Waals surface area contributed by atoms with Gasteiger partial charge in [0.25, 0.3) is 0 Å². The summed E-state index contributed by atoms with van der Waals surface area (Å²) in [5.41, 5.74) is -0.530. The highest BCUT2D eigenvalue weighted by Crippen LogP contribution is 2.33. The van der Waals surface area contributed by atoms with Gasteiger partial charge >= 0.3 is 5.97 Å². The van der Waals surface area contributed by atoms with Crippen molar-refractivity contribution in [3.63, 3.8) is 0 Å². The van der Waals surface area contributed by atoms with Crippen LogP contribution in [-0.4, -0.2) is 35.1 Å². The smallest absolute Gasteiger partial charge is 0.326 e. The largest absolute Gasteiger partial charge is 0.480 e.